The van der Waals surface area contributed by atoms with Crippen molar-refractivity contribution in [1.82, 2.24) is 0 Å². The molecule has 4 heteroatoms. The van der Waals surface area contributed by atoms with E-state index in [0.717, 1.165) is 0 Å². The number of rotatable bonds is 4. The van der Waals surface area contributed by atoms with Crippen LogP contribution >= 0.6 is 0 Å². The highest BCUT2D eigenvalue weighted by molar-refractivity contribution is 7.92. The molecule has 0 amide bonds. The average molecular weight is 222 g/mol. The molecule has 0 aromatic carbocycles. The Bertz CT molecular complexity index is 270. The minimum absolute atomic E-state index is 0.0205. The Balaban J connectivity index is 4.43. The largest absolute Gasteiger partial charge is 0.396 e. The third kappa shape index (κ3) is 3.96. The van der Waals surface area contributed by atoms with Gasteiger partial charge in [0.05, 0.1) is 10.5 Å². The van der Waals surface area contributed by atoms with Crippen molar-refractivity contribution in [3.63, 3.8) is 0 Å². The van der Waals surface area contributed by atoms with E-state index in [0.29, 0.717) is 6.42 Å². The van der Waals surface area contributed by atoms with Crippen molar-refractivity contribution in [2.45, 2.75) is 45.8 Å². The first kappa shape index (κ1) is 13.9. The standard InChI is InChI=1S/C10H22O3S/c1-9(2,3)14(12,13)7-6-10(4,5)8-11/h11H,6-8H2,1-5H3. The Hall–Kier alpha value is -0.0900. The topological polar surface area (TPSA) is 54.4 Å². The van der Waals surface area contributed by atoms with Crippen LogP contribution in [0.3, 0.4) is 0 Å². The summed E-state index contributed by atoms with van der Waals surface area (Å²) in [6, 6.07) is 0. The van der Waals surface area contributed by atoms with E-state index in [1.165, 1.54) is 0 Å². The molecule has 0 aliphatic rings. The fourth-order valence-corrected chi connectivity index (χ4v) is 2.23. The molecule has 0 fully saturated rings. The first-order chi connectivity index (χ1) is 6.02. The fraction of sp³-hybridized carbons (Fsp3) is 1.00. The molecule has 3 nitrogen and oxygen atoms in total. The Morgan fingerprint density at radius 1 is 1.07 bits per heavy atom. The lowest BCUT2D eigenvalue weighted by Gasteiger charge is -2.25. The van der Waals surface area contributed by atoms with Crippen LogP contribution in [0.1, 0.15) is 41.0 Å². The SMILES string of the molecule is CC(C)(CO)CCS(=O)(=O)C(C)(C)C. The van der Waals surface area contributed by atoms with Gasteiger partial charge >= 0.3 is 0 Å². The van der Waals surface area contributed by atoms with Crippen molar-refractivity contribution >= 4 is 9.84 Å². The number of sulfone groups is 1. The summed E-state index contributed by atoms with van der Waals surface area (Å²) in [6.07, 6.45) is 0.503. The summed E-state index contributed by atoms with van der Waals surface area (Å²) in [5.41, 5.74) is -0.307. The Morgan fingerprint density at radius 3 is 1.79 bits per heavy atom. The maximum atomic E-state index is 11.7. The monoisotopic (exact) mass is 222 g/mol. The van der Waals surface area contributed by atoms with Crippen molar-refractivity contribution in [3.05, 3.63) is 0 Å². The van der Waals surface area contributed by atoms with Crippen molar-refractivity contribution in [2.75, 3.05) is 12.4 Å². The van der Waals surface area contributed by atoms with E-state index in [9.17, 15) is 8.42 Å². The second kappa shape index (κ2) is 4.19. The molecule has 0 saturated heterocycles. The van der Waals surface area contributed by atoms with Crippen molar-refractivity contribution in [3.8, 4) is 0 Å². The maximum absolute atomic E-state index is 11.7. The number of aliphatic hydroxyl groups is 1. The van der Waals surface area contributed by atoms with E-state index < -0.39 is 14.6 Å². The Morgan fingerprint density at radius 2 is 1.50 bits per heavy atom. The number of aliphatic hydroxyl groups excluding tert-OH is 1. The van der Waals surface area contributed by atoms with Crippen LogP contribution in [0.15, 0.2) is 0 Å². The van der Waals surface area contributed by atoms with E-state index in [4.69, 9.17) is 5.11 Å². The second-order valence-corrected chi connectivity index (χ2v) is 8.37. The predicted octanol–water partition coefficient (Wildman–Crippen LogP) is 1.61. The van der Waals surface area contributed by atoms with Gasteiger partial charge in [-0.1, -0.05) is 13.8 Å². The minimum Gasteiger partial charge on any atom is -0.396 e. The third-order valence-corrected chi connectivity index (χ3v) is 5.02. The van der Waals surface area contributed by atoms with Gasteiger partial charge in [0.25, 0.3) is 0 Å². The van der Waals surface area contributed by atoms with E-state index in [1.54, 1.807) is 20.8 Å². The third-order valence-electron chi connectivity index (χ3n) is 2.41. The molecular weight excluding hydrogens is 200 g/mol. The van der Waals surface area contributed by atoms with Gasteiger partial charge in [-0.3, -0.25) is 0 Å². The van der Waals surface area contributed by atoms with Crippen LogP contribution in [-0.4, -0.2) is 30.6 Å². The molecule has 0 unspecified atom stereocenters. The summed E-state index contributed by atoms with van der Waals surface area (Å²) in [4.78, 5) is 0. The Kier molecular flexibility index (Phi) is 4.16. The van der Waals surface area contributed by atoms with Gasteiger partial charge in [-0.05, 0) is 32.6 Å². The van der Waals surface area contributed by atoms with Crippen LogP contribution in [0.25, 0.3) is 0 Å². The summed E-state index contributed by atoms with van der Waals surface area (Å²) in [7, 11) is -3.05. The lowest BCUT2D eigenvalue weighted by Crippen LogP contribution is -2.32. The molecular formula is C10H22O3S. The molecule has 0 saturated carbocycles. The molecule has 0 spiro atoms. The van der Waals surface area contributed by atoms with E-state index >= 15 is 0 Å². The summed E-state index contributed by atoms with van der Waals surface area (Å²) in [5.74, 6) is 0.143. The quantitative estimate of drug-likeness (QED) is 0.786. The molecule has 0 heterocycles. The van der Waals surface area contributed by atoms with Crippen molar-refractivity contribution < 1.29 is 13.5 Å². The molecule has 14 heavy (non-hydrogen) atoms. The minimum atomic E-state index is -3.05. The number of hydrogen-bond donors (Lipinski definition) is 1. The molecule has 0 rings (SSSR count). The average Bonchev–Trinajstić information content (AvgIpc) is 1.99. The maximum Gasteiger partial charge on any atom is 0.155 e. The van der Waals surface area contributed by atoms with Crippen LogP contribution in [0.5, 0.6) is 0 Å². The van der Waals surface area contributed by atoms with Crippen LogP contribution in [-0.2, 0) is 9.84 Å². The Labute approximate surface area is 87.4 Å². The van der Waals surface area contributed by atoms with E-state index in [-0.39, 0.29) is 17.8 Å². The van der Waals surface area contributed by atoms with Gasteiger partial charge in [-0.2, -0.15) is 0 Å². The van der Waals surface area contributed by atoms with Gasteiger partial charge in [0.1, 0.15) is 0 Å². The molecule has 0 atom stereocenters. The van der Waals surface area contributed by atoms with Crippen molar-refractivity contribution in [1.29, 1.82) is 0 Å². The molecule has 0 aromatic heterocycles. The fourth-order valence-electron chi connectivity index (χ4n) is 0.796. The summed E-state index contributed by atoms with van der Waals surface area (Å²) >= 11 is 0. The zero-order chi connectivity index (χ0) is 11.6. The lowest BCUT2D eigenvalue weighted by molar-refractivity contribution is 0.156. The zero-order valence-electron chi connectivity index (χ0n) is 9.79. The van der Waals surface area contributed by atoms with Gasteiger partial charge in [0, 0.05) is 6.61 Å². The second-order valence-electron chi connectivity index (χ2n) is 5.50. The molecule has 86 valence electrons. The molecule has 0 radical (unpaired) electrons. The highest BCUT2D eigenvalue weighted by atomic mass is 32.2. The first-order valence-electron chi connectivity index (χ1n) is 4.85. The predicted molar refractivity (Wildman–Crippen MR) is 59.0 cm³/mol. The molecule has 1 N–H and O–H groups in total. The highest BCUT2D eigenvalue weighted by Gasteiger charge is 2.30. The molecule has 0 aliphatic carbocycles. The van der Waals surface area contributed by atoms with E-state index in [2.05, 4.69) is 0 Å². The van der Waals surface area contributed by atoms with Crippen LogP contribution in [0.2, 0.25) is 0 Å². The lowest BCUT2D eigenvalue weighted by atomic mass is 9.92. The van der Waals surface area contributed by atoms with Gasteiger partial charge in [0.15, 0.2) is 9.84 Å². The van der Waals surface area contributed by atoms with Crippen LogP contribution < -0.4 is 0 Å². The van der Waals surface area contributed by atoms with Gasteiger partial charge in [-0.25, -0.2) is 8.42 Å². The van der Waals surface area contributed by atoms with E-state index in [1.807, 2.05) is 13.8 Å². The number of hydrogen-bond acceptors (Lipinski definition) is 3. The van der Waals surface area contributed by atoms with Crippen LogP contribution in [0, 0.1) is 5.41 Å². The first-order valence-corrected chi connectivity index (χ1v) is 6.50. The summed E-state index contributed by atoms with van der Waals surface area (Å²) < 4.78 is 22.8. The smallest absolute Gasteiger partial charge is 0.155 e. The zero-order valence-corrected chi connectivity index (χ0v) is 10.6. The van der Waals surface area contributed by atoms with Gasteiger partial charge in [0.2, 0.25) is 0 Å². The van der Waals surface area contributed by atoms with Crippen LogP contribution in [0.4, 0.5) is 0 Å². The molecule has 0 bridgehead atoms. The van der Waals surface area contributed by atoms with Gasteiger partial charge in [-0.15, -0.1) is 0 Å². The van der Waals surface area contributed by atoms with Crippen molar-refractivity contribution in [2.24, 2.45) is 5.41 Å². The summed E-state index contributed by atoms with van der Waals surface area (Å²) in [6.45, 7) is 8.86. The molecule has 0 aromatic rings. The summed E-state index contributed by atoms with van der Waals surface area (Å²) in [5, 5.41) is 9.00. The highest BCUT2D eigenvalue weighted by Crippen LogP contribution is 2.24. The molecule has 0 aliphatic heterocycles. The van der Waals surface area contributed by atoms with Gasteiger partial charge < -0.3 is 5.11 Å². The normalized spacial score (nSPS) is 14.4.